The minimum Gasteiger partial charge on any atom is -0.481 e. The van der Waals surface area contributed by atoms with E-state index >= 15 is 0 Å². The number of alkyl carbamates (subject to hydrolysis) is 2. The number of hydrogen-bond acceptors (Lipinski definition) is 13. The Morgan fingerprint density at radius 2 is 0.847 bits per heavy atom. The van der Waals surface area contributed by atoms with E-state index in [1.807, 2.05) is 75.4 Å². The van der Waals surface area contributed by atoms with Crippen molar-refractivity contribution in [2.45, 2.75) is 168 Å². The summed E-state index contributed by atoms with van der Waals surface area (Å²) in [7, 11) is 0. The van der Waals surface area contributed by atoms with Crippen LogP contribution in [0.4, 0.5) is 36.3 Å². The number of carbonyl (C=O) groups excluding carboxylic acids is 7. The molecule has 8 rings (SSSR count). The van der Waals surface area contributed by atoms with Crippen molar-refractivity contribution in [3.63, 3.8) is 0 Å². The Morgan fingerprint density at radius 3 is 1.19 bits per heavy atom. The van der Waals surface area contributed by atoms with E-state index in [0.29, 0.717) is 60.9 Å². The summed E-state index contributed by atoms with van der Waals surface area (Å²) in [5.41, 5.74) is 0.811. The molecule has 5 atom stereocenters. The number of alkyl halides is 3. The van der Waals surface area contributed by atoms with Gasteiger partial charge in [-0.15, -0.1) is 0 Å². The van der Waals surface area contributed by atoms with Gasteiger partial charge in [-0.2, -0.15) is 13.2 Å². The van der Waals surface area contributed by atoms with Crippen LogP contribution in [0, 0.1) is 11.6 Å². The van der Waals surface area contributed by atoms with Crippen molar-refractivity contribution >= 4 is 53.8 Å². The molecule has 3 fully saturated rings. The van der Waals surface area contributed by atoms with Crippen LogP contribution >= 0.6 is 0 Å². The van der Waals surface area contributed by atoms with Gasteiger partial charge in [0.05, 0.1) is 6.42 Å². The zero-order valence-corrected chi connectivity index (χ0v) is 55.9. The minimum absolute atomic E-state index is 0. The topological polar surface area (TPSA) is 300 Å². The molecule has 3 saturated heterocycles. The molecule has 5 aromatic rings. The van der Waals surface area contributed by atoms with Crippen LogP contribution in [-0.4, -0.2) is 166 Å². The predicted molar refractivity (Wildman–Crippen MR) is 358 cm³/mol. The molecule has 0 saturated carbocycles. The fourth-order valence-corrected chi connectivity index (χ4v) is 9.53. The smallest absolute Gasteiger partial charge is 0.481 e. The summed E-state index contributed by atoms with van der Waals surface area (Å²) in [6.07, 6.45) is -4.45. The molecular weight excluding hydrogens is 1280 g/mol. The van der Waals surface area contributed by atoms with Crippen molar-refractivity contribution in [1.82, 2.24) is 41.7 Å². The largest absolute Gasteiger partial charge is 0.490 e. The Balaban J connectivity index is 0.000000341. The molecule has 7 amide bonds. The van der Waals surface area contributed by atoms with Gasteiger partial charge < -0.3 is 66.1 Å². The fraction of sp³-hybridized carbons (Fsp3) is 0.451. The van der Waals surface area contributed by atoms with Crippen LogP contribution in [0.2, 0.25) is 0 Å². The second kappa shape index (κ2) is 39.5. The first-order valence-electron chi connectivity index (χ1n) is 31.5. The zero-order chi connectivity index (χ0) is 72.1. The van der Waals surface area contributed by atoms with E-state index in [0.717, 1.165) is 31.5 Å². The average molecular weight is 1380 g/mol. The first-order chi connectivity index (χ1) is 45.4. The second-order valence-corrected chi connectivity index (χ2v) is 25.8. The van der Waals surface area contributed by atoms with Crippen molar-refractivity contribution in [1.29, 1.82) is 0 Å². The molecule has 22 nitrogen and oxygen atoms in total. The highest BCUT2D eigenvalue weighted by Gasteiger charge is 2.38. The van der Waals surface area contributed by atoms with Crippen molar-refractivity contribution < 1.29 is 89.5 Å². The van der Waals surface area contributed by atoms with Crippen LogP contribution in [-0.2, 0) is 41.4 Å². The number of hydrogen-bond donors (Lipinski definition) is 8. The normalized spacial score (nSPS) is 16.2. The SMILES string of the molecule is C.CC(C)(C)OC(=O)N1CC[C@H](NC(=O)c2ccccc2)C1.CC(C)(C)OC(=O)N[C@@H](CC(=O)N1CC[C@H](NC(=O)c2ccccc2)C1)Cc1ccccc1F.CC(C)(C)OC(=O)N[C@@H](CC(=O)O)Cc1ccccc1F.O=C(N[C@H]1CCNC1)c1ccccc1.O=C(O)C(F)(F)F. The van der Waals surface area contributed by atoms with Crippen molar-refractivity contribution in [2.24, 2.45) is 0 Å². The quantitative estimate of drug-likeness (QED) is 0.0336. The third-order valence-electron chi connectivity index (χ3n) is 13.9. The van der Waals surface area contributed by atoms with E-state index < -0.39 is 70.8 Å². The number of carbonyl (C=O) groups is 9. The minimum atomic E-state index is -5.08. The Morgan fingerprint density at radius 1 is 0.500 bits per heavy atom. The number of carboxylic acids is 2. The maximum atomic E-state index is 14.2. The summed E-state index contributed by atoms with van der Waals surface area (Å²) in [5, 5.41) is 33.3. The second-order valence-electron chi connectivity index (χ2n) is 25.8. The zero-order valence-electron chi connectivity index (χ0n) is 55.9. The van der Waals surface area contributed by atoms with Crippen LogP contribution < -0.4 is 31.9 Å². The van der Waals surface area contributed by atoms with E-state index in [2.05, 4.69) is 31.9 Å². The van der Waals surface area contributed by atoms with Gasteiger partial charge in [-0.1, -0.05) is 98.4 Å². The van der Waals surface area contributed by atoms with Crippen LogP contribution in [0.15, 0.2) is 140 Å². The molecule has 536 valence electrons. The average Bonchev–Trinajstić information content (AvgIpc) is 1.63. The van der Waals surface area contributed by atoms with E-state index in [-0.39, 0.29) is 74.9 Å². The summed E-state index contributed by atoms with van der Waals surface area (Å²) in [4.78, 5) is 108. The number of rotatable bonds is 16. The molecule has 0 aromatic heterocycles. The first-order valence-corrected chi connectivity index (χ1v) is 31.5. The number of carboxylic acid groups (broad SMARTS) is 2. The molecule has 0 unspecified atom stereocenters. The Labute approximate surface area is 569 Å². The van der Waals surface area contributed by atoms with Gasteiger partial charge in [-0.25, -0.2) is 28.0 Å². The summed E-state index contributed by atoms with van der Waals surface area (Å²) in [6, 6.07) is 38.4. The highest BCUT2D eigenvalue weighted by atomic mass is 19.4. The van der Waals surface area contributed by atoms with Crippen molar-refractivity contribution in [3.05, 3.63) is 179 Å². The van der Waals surface area contributed by atoms with Gasteiger partial charge in [0, 0.05) is 86.0 Å². The van der Waals surface area contributed by atoms with Gasteiger partial charge in [0.25, 0.3) is 17.7 Å². The lowest BCUT2D eigenvalue weighted by Gasteiger charge is -2.25. The van der Waals surface area contributed by atoms with Gasteiger partial charge in [0.15, 0.2) is 0 Å². The number of ether oxygens (including phenoxy) is 3. The molecule has 0 spiro atoms. The first kappa shape index (κ1) is 82.6. The molecule has 0 bridgehead atoms. The molecule has 0 radical (unpaired) electrons. The number of nitrogens with zero attached hydrogens (tertiary/aromatic N) is 2. The van der Waals surface area contributed by atoms with Gasteiger partial charge >= 0.3 is 36.4 Å². The highest BCUT2D eigenvalue weighted by molar-refractivity contribution is 5.95. The Kier molecular flexibility index (Phi) is 33.3. The lowest BCUT2D eigenvalue weighted by Crippen LogP contribution is -2.44. The van der Waals surface area contributed by atoms with Crippen LogP contribution in [0.3, 0.4) is 0 Å². The summed E-state index contributed by atoms with van der Waals surface area (Å²) < 4.78 is 75.3. The number of aliphatic carboxylic acids is 2. The molecule has 27 heteroatoms. The van der Waals surface area contributed by atoms with E-state index in [4.69, 9.17) is 29.2 Å². The summed E-state index contributed by atoms with van der Waals surface area (Å²) in [6.45, 7) is 19.8. The summed E-state index contributed by atoms with van der Waals surface area (Å²) in [5.74, 6) is -5.08. The predicted octanol–water partition coefficient (Wildman–Crippen LogP) is 10.9. The maximum absolute atomic E-state index is 14.2. The standard InChI is InChI=1S/C26H32FN3O4.C16H22N2O3.C15H20FNO4.C11H14N2O.C2HF3O2.CH4/c1-26(2,3)34-25(33)29-21(15-19-11-7-8-12-22(19)27)16-23(31)30-14-13-20(17-30)28-24(32)18-9-5-4-6-10-18;1-16(2,3)21-15(20)18-10-9-13(11-18)17-14(19)12-7-5-4-6-8-12;1-15(2,3)21-14(20)17-11(9-13(18)19)8-10-6-4-5-7-12(10)16;14-11(9-4-2-1-3-5-9)13-10-6-7-12-8-10;3-2(4,5)1(6)7;/h4-12,20-21H,13-17H2,1-3H3,(H,28,32)(H,29,33);4-8,13H,9-11H2,1-3H3,(H,17,19);4-7,11H,8-9H2,1-3H3,(H,17,20)(H,18,19);1-5,10,12H,6-8H2,(H,13,14);(H,6,7);1H4/t20-,21+;13-;11-;10-;;/m0010../s1. The number of benzene rings is 5. The van der Waals surface area contributed by atoms with Crippen LogP contribution in [0.25, 0.3) is 0 Å². The number of halogens is 5. The Bertz CT molecular complexity index is 3360. The van der Waals surface area contributed by atoms with Gasteiger partial charge in [-0.05, 0) is 161 Å². The number of likely N-dealkylation sites (tertiary alicyclic amines) is 2. The Hall–Kier alpha value is -9.66. The van der Waals surface area contributed by atoms with Crippen molar-refractivity contribution in [2.75, 3.05) is 39.3 Å². The number of nitrogens with one attached hydrogen (secondary N) is 6. The molecule has 8 N–H and O–H groups in total. The third-order valence-corrected chi connectivity index (χ3v) is 13.9. The van der Waals surface area contributed by atoms with Gasteiger partial charge in [-0.3, -0.25) is 24.0 Å². The highest BCUT2D eigenvalue weighted by Crippen LogP contribution is 2.20. The van der Waals surface area contributed by atoms with Crippen LogP contribution in [0.1, 0.15) is 144 Å². The van der Waals surface area contributed by atoms with E-state index in [1.54, 1.807) is 124 Å². The molecule has 5 aromatic carbocycles. The summed E-state index contributed by atoms with van der Waals surface area (Å²) >= 11 is 0. The van der Waals surface area contributed by atoms with Crippen LogP contribution in [0.5, 0.6) is 0 Å². The molecule has 98 heavy (non-hydrogen) atoms. The monoisotopic (exact) mass is 1380 g/mol. The molecule has 3 aliphatic heterocycles. The molecule has 3 aliphatic rings. The molecular formula is C71H93F5N8O14. The third kappa shape index (κ3) is 32.9. The van der Waals surface area contributed by atoms with E-state index in [9.17, 15) is 60.3 Å². The van der Waals surface area contributed by atoms with Gasteiger partial charge in [0.2, 0.25) is 5.91 Å². The van der Waals surface area contributed by atoms with E-state index in [1.165, 1.54) is 12.1 Å². The lowest BCUT2D eigenvalue weighted by atomic mass is 10.0. The molecule has 0 aliphatic carbocycles. The van der Waals surface area contributed by atoms with Crippen molar-refractivity contribution in [3.8, 4) is 0 Å². The van der Waals surface area contributed by atoms with Gasteiger partial charge in [0.1, 0.15) is 28.4 Å². The maximum Gasteiger partial charge on any atom is 0.490 e. The lowest BCUT2D eigenvalue weighted by molar-refractivity contribution is -0.192. The fourth-order valence-electron chi connectivity index (χ4n) is 9.53. The molecule has 3 heterocycles. The number of amides is 7.